The van der Waals surface area contributed by atoms with Crippen LogP contribution in [0.4, 0.5) is 0 Å². The van der Waals surface area contributed by atoms with Crippen molar-refractivity contribution >= 4 is 52.1 Å². The van der Waals surface area contributed by atoms with Crippen LogP contribution in [-0.2, 0) is 28.6 Å². The molecular weight excluding hydrogens is 560 g/mol. The Hall–Kier alpha value is -0.780. The Bertz CT molecular complexity index is 995. The van der Waals surface area contributed by atoms with Gasteiger partial charge in [0.05, 0.1) is 13.2 Å². The first-order chi connectivity index (χ1) is 14.1. The Balaban J connectivity index is 2.63. The number of hydrogen-bond acceptors (Lipinski definition) is 6. The topological polar surface area (TPSA) is 86.7 Å². The average Bonchev–Trinajstić information content (AvgIpc) is 2.68. The molecule has 0 aromatic heterocycles. The van der Waals surface area contributed by atoms with Crippen molar-refractivity contribution in [3.05, 3.63) is 45.3 Å². The molecule has 0 saturated carbocycles. The van der Waals surface area contributed by atoms with Crippen molar-refractivity contribution in [3.8, 4) is 11.1 Å². The van der Waals surface area contributed by atoms with Gasteiger partial charge in [0.25, 0.3) is 20.2 Å². The van der Waals surface area contributed by atoms with Gasteiger partial charge < -0.3 is 0 Å². The van der Waals surface area contributed by atoms with Crippen LogP contribution in [0, 0.1) is 0 Å². The zero-order valence-electron chi connectivity index (χ0n) is 16.7. The van der Waals surface area contributed by atoms with Gasteiger partial charge in [-0.05, 0) is 37.1 Å². The van der Waals surface area contributed by atoms with Gasteiger partial charge in [0.2, 0.25) is 0 Å². The Kier molecular flexibility index (Phi) is 9.51. The van der Waals surface area contributed by atoms with E-state index >= 15 is 0 Å². The molecule has 0 aliphatic heterocycles. The van der Waals surface area contributed by atoms with Gasteiger partial charge in [-0.25, -0.2) is 0 Å². The van der Waals surface area contributed by atoms with Crippen LogP contribution in [0.2, 0.25) is 0 Å². The van der Waals surface area contributed by atoms with Crippen LogP contribution < -0.4 is 0 Å². The highest BCUT2D eigenvalue weighted by Gasteiger charge is 2.27. The summed E-state index contributed by atoms with van der Waals surface area (Å²) in [4.78, 5) is -0.222. The minimum absolute atomic E-state index is 0.0520. The van der Waals surface area contributed by atoms with Crippen molar-refractivity contribution in [2.45, 2.75) is 49.3 Å². The third-order valence-corrected chi connectivity index (χ3v) is 7.88. The van der Waals surface area contributed by atoms with E-state index in [0.29, 0.717) is 21.8 Å². The summed E-state index contributed by atoms with van der Waals surface area (Å²) >= 11 is 6.57. The van der Waals surface area contributed by atoms with Crippen LogP contribution in [-0.4, -0.2) is 30.0 Å². The molecule has 0 aliphatic carbocycles. The van der Waals surface area contributed by atoms with Crippen molar-refractivity contribution in [2.75, 3.05) is 13.2 Å². The van der Waals surface area contributed by atoms with Crippen molar-refractivity contribution in [1.29, 1.82) is 0 Å². The second-order valence-electron chi connectivity index (χ2n) is 6.54. The summed E-state index contributed by atoms with van der Waals surface area (Å²) in [6.45, 7) is 3.96. The summed E-state index contributed by atoms with van der Waals surface area (Å²) in [6, 6.07) is 9.22. The molecule has 6 nitrogen and oxygen atoms in total. The van der Waals surface area contributed by atoms with Gasteiger partial charge in [0.1, 0.15) is 9.79 Å². The third kappa shape index (κ3) is 6.61. The number of hydrogen-bond donors (Lipinski definition) is 0. The van der Waals surface area contributed by atoms with E-state index in [-0.39, 0.29) is 34.1 Å². The van der Waals surface area contributed by atoms with Crippen molar-refractivity contribution in [2.24, 2.45) is 0 Å². The van der Waals surface area contributed by atoms with Crippen molar-refractivity contribution in [1.82, 2.24) is 0 Å². The van der Waals surface area contributed by atoms with Crippen LogP contribution in [0.25, 0.3) is 11.1 Å². The van der Waals surface area contributed by atoms with Gasteiger partial charge >= 0.3 is 0 Å². The smallest absolute Gasteiger partial charge is 0.266 e. The molecule has 166 valence electrons. The molecule has 0 aliphatic rings. The molecule has 2 aromatic carbocycles. The Morgan fingerprint density at radius 2 is 1.07 bits per heavy atom. The Labute approximate surface area is 195 Å². The number of halogens is 2. The van der Waals surface area contributed by atoms with E-state index in [1.54, 1.807) is 24.3 Å². The lowest BCUT2D eigenvalue weighted by molar-refractivity contribution is 0.309. The summed E-state index contributed by atoms with van der Waals surface area (Å²) in [5.74, 6) is 0. The van der Waals surface area contributed by atoms with Crippen LogP contribution in [0.5, 0.6) is 0 Å². The molecule has 0 saturated heterocycles. The van der Waals surface area contributed by atoms with Gasteiger partial charge in [-0.3, -0.25) is 8.37 Å². The van der Waals surface area contributed by atoms with Crippen LogP contribution in [0.1, 0.15) is 39.5 Å². The lowest BCUT2D eigenvalue weighted by Crippen LogP contribution is -2.12. The predicted molar refractivity (Wildman–Crippen MR) is 123 cm³/mol. The van der Waals surface area contributed by atoms with Gasteiger partial charge in [0, 0.05) is 20.1 Å². The SMILES string of the molecule is CCCCOS(=O)(=O)c1cc(Br)ccc1-c1ccc(Br)cc1S(=O)(=O)OCCCC. The largest absolute Gasteiger partial charge is 0.297 e. The van der Waals surface area contributed by atoms with Gasteiger partial charge in [-0.15, -0.1) is 0 Å². The number of rotatable bonds is 11. The average molecular weight is 584 g/mol. The molecule has 2 rings (SSSR count). The first-order valence-electron chi connectivity index (χ1n) is 9.50. The van der Waals surface area contributed by atoms with E-state index < -0.39 is 20.2 Å². The van der Waals surface area contributed by atoms with Crippen LogP contribution in [0.3, 0.4) is 0 Å². The highest BCUT2D eigenvalue weighted by molar-refractivity contribution is 9.10. The third-order valence-electron chi connectivity index (χ3n) is 4.19. The molecule has 0 amide bonds. The first-order valence-corrected chi connectivity index (χ1v) is 13.9. The molecule has 0 unspecified atom stereocenters. The lowest BCUT2D eigenvalue weighted by Gasteiger charge is -2.15. The molecular formula is C20H24Br2O6S2. The Morgan fingerprint density at radius 1 is 0.700 bits per heavy atom. The van der Waals surface area contributed by atoms with Gasteiger partial charge in [-0.1, -0.05) is 70.7 Å². The molecule has 0 spiro atoms. The molecule has 30 heavy (non-hydrogen) atoms. The maximum Gasteiger partial charge on any atom is 0.297 e. The molecule has 0 heterocycles. The highest BCUT2D eigenvalue weighted by Crippen LogP contribution is 2.37. The molecule has 0 atom stereocenters. The van der Waals surface area contributed by atoms with E-state index in [4.69, 9.17) is 8.37 Å². The Morgan fingerprint density at radius 3 is 1.40 bits per heavy atom. The van der Waals surface area contributed by atoms with E-state index in [1.807, 2.05) is 13.8 Å². The molecule has 2 aromatic rings. The van der Waals surface area contributed by atoms with E-state index in [0.717, 1.165) is 12.8 Å². The van der Waals surface area contributed by atoms with E-state index in [9.17, 15) is 16.8 Å². The van der Waals surface area contributed by atoms with Gasteiger partial charge in [0.15, 0.2) is 0 Å². The van der Waals surface area contributed by atoms with Gasteiger partial charge in [-0.2, -0.15) is 16.8 Å². The molecule has 0 N–H and O–H groups in total. The fraction of sp³-hybridized carbons (Fsp3) is 0.400. The molecule has 0 bridgehead atoms. The zero-order valence-corrected chi connectivity index (χ0v) is 21.5. The van der Waals surface area contributed by atoms with Crippen LogP contribution in [0.15, 0.2) is 55.1 Å². The highest BCUT2D eigenvalue weighted by atomic mass is 79.9. The number of benzene rings is 2. The predicted octanol–water partition coefficient (Wildman–Crippen LogP) is 5.89. The summed E-state index contributed by atoms with van der Waals surface area (Å²) in [5.41, 5.74) is 0.444. The molecule has 0 radical (unpaired) electrons. The van der Waals surface area contributed by atoms with Crippen molar-refractivity contribution in [3.63, 3.8) is 0 Å². The molecule has 0 fully saturated rings. The minimum Gasteiger partial charge on any atom is -0.266 e. The summed E-state index contributed by atoms with van der Waals surface area (Å²) in [6.07, 6.45) is 2.74. The maximum absolute atomic E-state index is 12.9. The monoisotopic (exact) mass is 582 g/mol. The fourth-order valence-electron chi connectivity index (χ4n) is 2.60. The standard InChI is InChI=1S/C20H24Br2O6S2/c1-3-5-11-27-29(23,24)19-13-15(21)7-9-17(19)18-10-8-16(22)14-20(18)30(25,26)28-12-6-4-2/h7-10,13-14H,3-6,11-12H2,1-2H3. The second kappa shape index (κ2) is 11.2. The first kappa shape index (κ1) is 25.5. The summed E-state index contributed by atoms with van der Waals surface area (Å²) in [5, 5.41) is 0. The summed E-state index contributed by atoms with van der Waals surface area (Å²) < 4.78 is 62.8. The quantitative estimate of drug-likeness (QED) is 0.242. The van der Waals surface area contributed by atoms with E-state index in [1.165, 1.54) is 12.1 Å². The minimum atomic E-state index is -4.10. The number of unbranched alkanes of at least 4 members (excludes halogenated alkanes) is 2. The fourth-order valence-corrected chi connectivity index (χ4v) is 5.99. The normalized spacial score (nSPS) is 12.3. The lowest BCUT2D eigenvalue weighted by atomic mass is 10.1. The zero-order chi connectivity index (χ0) is 22.4. The van der Waals surface area contributed by atoms with E-state index in [2.05, 4.69) is 31.9 Å². The molecule has 10 heteroatoms. The van der Waals surface area contributed by atoms with Crippen LogP contribution >= 0.6 is 31.9 Å². The second-order valence-corrected chi connectivity index (χ2v) is 11.5. The maximum atomic E-state index is 12.9. The summed E-state index contributed by atoms with van der Waals surface area (Å²) in [7, 11) is -8.21. The van der Waals surface area contributed by atoms with Crippen molar-refractivity contribution < 1.29 is 25.2 Å².